The molecule has 1 aromatic rings. The second-order valence-corrected chi connectivity index (χ2v) is 4.15. The number of hydrogen-bond acceptors (Lipinski definition) is 2. The number of benzene rings is 1. The van der Waals surface area contributed by atoms with E-state index in [2.05, 4.69) is 0 Å². The standard InChI is InChI=1S/C13H18O2/c14-13(11-6-2-1-3-7-11)10-12-8-4-5-9-15-12/h1-3,6-7,12-14H,4-5,8-10H2. The summed E-state index contributed by atoms with van der Waals surface area (Å²) < 4.78 is 5.61. The molecule has 2 atom stereocenters. The van der Waals surface area contributed by atoms with Gasteiger partial charge in [0.25, 0.3) is 0 Å². The summed E-state index contributed by atoms with van der Waals surface area (Å²) >= 11 is 0. The molecule has 2 heteroatoms. The predicted molar refractivity (Wildman–Crippen MR) is 59.6 cm³/mol. The molecule has 0 bridgehead atoms. The van der Waals surface area contributed by atoms with Gasteiger partial charge in [-0.1, -0.05) is 30.3 Å². The first kappa shape index (κ1) is 10.7. The molecule has 1 N–H and O–H groups in total. The van der Waals surface area contributed by atoms with Gasteiger partial charge >= 0.3 is 0 Å². The molecule has 1 fully saturated rings. The molecule has 15 heavy (non-hydrogen) atoms. The van der Waals surface area contributed by atoms with Gasteiger partial charge in [-0.3, -0.25) is 0 Å². The zero-order chi connectivity index (χ0) is 10.5. The van der Waals surface area contributed by atoms with Gasteiger partial charge in [0, 0.05) is 13.0 Å². The average Bonchev–Trinajstić information content (AvgIpc) is 2.31. The molecule has 1 aliphatic rings. The number of ether oxygens (including phenoxy) is 1. The molecule has 0 aromatic heterocycles. The maximum atomic E-state index is 9.99. The summed E-state index contributed by atoms with van der Waals surface area (Å²) in [6.45, 7) is 0.853. The third kappa shape index (κ3) is 3.05. The van der Waals surface area contributed by atoms with Gasteiger partial charge in [-0.05, 0) is 24.8 Å². The van der Waals surface area contributed by atoms with Crippen LogP contribution in [0.3, 0.4) is 0 Å². The lowest BCUT2D eigenvalue weighted by atomic mass is 9.99. The van der Waals surface area contributed by atoms with Crippen LogP contribution < -0.4 is 0 Å². The van der Waals surface area contributed by atoms with Crippen LogP contribution in [0.1, 0.15) is 37.4 Å². The average molecular weight is 206 g/mol. The molecule has 2 nitrogen and oxygen atoms in total. The molecule has 0 saturated carbocycles. The molecular formula is C13H18O2. The highest BCUT2D eigenvalue weighted by Crippen LogP contribution is 2.24. The third-order valence-electron chi connectivity index (χ3n) is 2.94. The van der Waals surface area contributed by atoms with Crippen LogP contribution in [0.2, 0.25) is 0 Å². The van der Waals surface area contributed by atoms with Crippen molar-refractivity contribution in [2.45, 2.75) is 37.9 Å². The summed E-state index contributed by atoms with van der Waals surface area (Å²) in [6, 6.07) is 9.81. The van der Waals surface area contributed by atoms with Gasteiger partial charge in [0.15, 0.2) is 0 Å². The van der Waals surface area contributed by atoms with Crippen LogP contribution >= 0.6 is 0 Å². The molecule has 82 valence electrons. The first-order chi connectivity index (χ1) is 7.36. The van der Waals surface area contributed by atoms with E-state index in [9.17, 15) is 5.11 Å². The second-order valence-electron chi connectivity index (χ2n) is 4.15. The van der Waals surface area contributed by atoms with Crippen molar-refractivity contribution in [1.82, 2.24) is 0 Å². The fraction of sp³-hybridized carbons (Fsp3) is 0.538. The maximum Gasteiger partial charge on any atom is 0.0814 e. The van der Waals surface area contributed by atoms with Crippen molar-refractivity contribution in [1.29, 1.82) is 0 Å². The van der Waals surface area contributed by atoms with Gasteiger partial charge in [0.2, 0.25) is 0 Å². The fourth-order valence-electron chi connectivity index (χ4n) is 2.05. The highest BCUT2D eigenvalue weighted by molar-refractivity contribution is 5.17. The Bertz CT molecular complexity index is 278. The van der Waals surface area contributed by atoms with E-state index in [0.717, 1.165) is 31.4 Å². The Morgan fingerprint density at radius 2 is 2.07 bits per heavy atom. The highest BCUT2D eigenvalue weighted by Gasteiger charge is 2.18. The van der Waals surface area contributed by atoms with Crippen LogP contribution in [-0.4, -0.2) is 17.8 Å². The molecule has 0 spiro atoms. The number of aliphatic hydroxyl groups is 1. The Labute approximate surface area is 90.9 Å². The zero-order valence-electron chi connectivity index (χ0n) is 8.93. The van der Waals surface area contributed by atoms with Crippen LogP contribution in [0, 0.1) is 0 Å². The molecule has 2 rings (SSSR count). The van der Waals surface area contributed by atoms with E-state index in [1.807, 2.05) is 30.3 Å². The van der Waals surface area contributed by atoms with Gasteiger partial charge < -0.3 is 9.84 Å². The van der Waals surface area contributed by atoms with Crippen LogP contribution in [0.25, 0.3) is 0 Å². The van der Waals surface area contributed by atoms with Gasteiger partial charge in [0.05, 0.1) is 12.2 Å². The number of hydrogen-bond donors (Lipinski definition) is 1. The molecular weight excluding hydrogens is 188 g/mol. The topological polar surface area (TPSA) is 29.5 Å². The van der Waals surface area contributed by atoms with E-state index in [-0.39, 0.29) is 12.2 Å². The van der Waals surface area contributed by atoms with Gasteiger partial charge in [-0.2, -0.15) is 0 Å². The van der Waals surface area contributed by atoms with Crippen LogP contribution in [0.5, 0.6) is 0 Å². The molecule has 1 saturated heterocycles. The lowest BCUT2D eigenvalue weighted by Gasteiger charge is -2.24. The van der Waals surface area contributed by atoms with E-state index >= 15 is 0 Å². The van der Waals surface area contributed by atoms with Crippen molar-refractivity contribution in [2.24, 2.45) is 0 Å². The largest absolute Gasteiger partial charge is 0.388 e. The van der Waals surface area contributed by atoms with Crippen molar-refractivity contribution < 1.29 is 9.84 Å². The summed E-state index contributed by atoms with van der Waals surface area (Å²) in [6.07, 6.45) is 4.07. The van der Waals surface area contributed by atoms with Crippen molar-refractivity contribution >= 4 is 0 Å². The van der Waals surface area contributed by atoms with Crippen molar-refractivity contribution in [3.63, 3.8) is 0 Å². The zero-order valence-corrected chi connectivity index (χ0v) is 8.93. The molecule has 1 heterocycles. The molecule has 1 aliphatic heterocycles. The van der Waals surface area contributed by atoms with E-state index in [0.29, 0.717) is 0 Å². The summed E-state index contributed by atoms with van der Waals surface area (Å²) in [5, 5.41) is 9.99. The Kier molecular flexibility index (Phi) is 3.75. The first-order valence-electron chi connectivity index (χ1n) is 5.71. The van der Waals surface area contributed by atoms with Crippen molar-refractivity contribution in [3.8, 4) is 0 Å². The Balaban J connectivity index is 1.88. The summed E-state index contributed by atoms with van der Waals surface area (Å²) in [5.41, 5.74) is 0.992. The normalized spacial score (nSPS) is 23.7. The monoisotopic (exact) mass is 206 g/mol. The first-order valence-corrected chi connectivity index (χ1v) is 5.71. The predicted octanol–water partition coefficient (Wildman–Crippen LogP) is 2.68. The number of aliphatic hydroxyl groups excluding tert-OH is 1. The minimum atomic E-state index is -0.380. The summed E-state index contributed by atoms with van der Waals surface area (Å²) in [7, 11) is 0. The third-order valence-corrected chi connectivity index (χ3v) is 2.94. The Morgan fingerprint density at radius 1 is 1.27 bits per heavy atom. The van der Waals surface area contributed by atoms with Crippen LogP contribution in [0.15, 0.2) is 30.3 Å². The van der Waals surface area contributed by atoms with Crippen LogP contribution in [-0.2, 0) is 4.74 Å². The highest BCUT2D eigenvalue weighted by atomic mass is 16.5. The SMILES string of the molecule is OC(CC1CCCCO1)c1ccccc1. The Morgan fingerprint density at radius 3 is 2.73 bits per heavy atom. The van der Waals surface area contributed by atoms with Crippen LogP contribution in [0.4, 0.5) is 0 Å². The molecule has 1 aromatic carbocycles. The van der Waals surface area contributed by atoms with Gasteiger partial charge in [0.1, 0.15) is 0 Å². The van der Waals surface area contributed by atoms with Crippen molar-refractivity contribution in [2.75, 3.05) is 6.61 Å². The summed E-state index contributed by atoms with van der Waals surface area (Å²) in [4.78, 5) is 0. The van der Waals surface area contributed by atoms with E-state index in [1.54, 1.807) is 0 Å². The summed E-state index contributed by atoms with van der Waals surface area (Å²) in [5.74, 6) is 0. The van der Waals surface area contributed by atoms with E-state index < -0.39 is 0 Å². The van der Waals surface area contributed by atoms with Gasteiger partial charge in [-0.25, -0.2) is 0 Å². The maximum absolute atomic E-state index is 9.99. The molecule has 0 radical (unpaired) electrons. The van der Waals surface area contributed by atoms with Gasteiger partial charge in [-0.15, -0.1) is 0 Å². The van der Waals surface area contributed by atoms with E-state index in [1.165, 1.54) is 6.42 Å². The smallest absolute Gasteiger partial charge is 0.0814 e. The fourth-order valence-corrected chi connectivity index (χ4v) is 2.05. The molecule has 0 aliphatic carbocycles. The van der Waals surface area contributed by atoms with Crippen molar-refractivity contribution in [3.05, 3.63) is 35.9 Å². The minimum absolute atomic E-state index is 0.244. The quantitative estimate of drug-likeness (QED) is 0.824. The lowest BCUT2D eigenvalue weighted by Crippen LogP contribution is -2.21. The molecule has 2 unspecified atom stereocenters. The van der Waals surface area contributed by atoms with E-state index in [4.69, 9.17) is 4.74 Å². The Hall–Kier alpha value is -0.860. The molecule has 0 amide bonds. The second kappa shape index (κ2) is 5.29. The minimum Gasteiger partial charge on any atom is -0.388 e. The number of rotatable bonds is 3. The lowest BCUT2D eigenvalue weighted by molar-refractivity contribution is -0.0155.